The van der Waals surface area contributed by atoms with Crippen molar-refractivity contribution in [2.24, 2.45) is 0 Å². The average molecular weight is 254 g/mol. The fraction of sp³-hybridized carbons (Fsp3) is 0.333. The quantitative estimate of drug-likeness (QED) is 0.912. The van der Waals surface area contributed by atoms with Gasteiger partial charge in [-0.05, 0) is 30.2 Å². The highest BCUT2D eigenvalue weighted by atomic mass is 15.3. The maximum Gasteiger partial charge on any atom is 0.101 e. The SMILES string of the molecule is Cc1cnn(-c2ccc(CNC(C)C)cc2C#N)c1. The first-order valence-corrected chi connectivity index (χ1v) is 6.38. The summed E-state index contributed by atoms with van der Waals surface area (Å²) in [6.07, 6.45) is 3.71. The van der Waals surface area contributed by atoms with Crippen molar-refractivity contribution in [2.75, 3.05) is 0 Å². The Bertz CT molecular complexity index is 605. The van der Waals surface area contributed by atoms with Crippen molar-refractivity contribution in [3.63, 3.8) is 0 Å². The monoisotopic (exact) mass is 254 g/mol. The second kappa shape index (κ2) is 5.68. The molecule has 0 fully saturated rings. The van der Waals surface area contributed by atoms with Crippen LogP contribution in [0.5, 0.6) is 0 Å². The van der Waals surface area contributed by atoms with Crippen LogP contribution in [-0.2, 0) is 6.54 Å². The third kappa shape index (κ3) is 3.21. The van der Waals surface area contributed by atoms with Gasteiger partial charge in [0.1, 0.15) is 6.07 Å². The molecular formula is C15H18N4. The highest BCUT2D eigenvalue weighted by Crippen LogP contribution is 2.16. The first-order chi connectivity index (χ1) is 9.10. The van der Waals surface area contributed by atoms with Crippen molar-refractivity contribution < 1.29 is 0 Å². The second-order valence-corrected chi connectivity index (χ2v) is 4.96. The number of nitriles is 1. The van der Waals surface area contributed by atoms with Gasteiger partial charge in [0.15, 0.2) is 0 Å². The van der Waals surface area contributed by atoms with Gasteiger partial charge < -0.3 is 5.32 Å². The zero-order valence-electron chi connectivity index (χ0n) is 11.5. The number of aromatic nitrogens is 2. The number of benzene rings is 1. The second-order valence-electron chi connectivity index (χ2n) is 4.96. The van der Waals surface area contributed by atoms with Crippen LogP contribution < -0.4 is 5.32 Å². The van der Waals surface area contributed by atoms with E-state index < -0.39 is 0 Å². The molecule has 98 valence electrons. The van der Waals surface area contributed by atoms with Crippen molar-refractivity contribution in [3.8, 4) is 11.8 Å². The van der Waals surface area contributed by atoms with Gasteiger partial charge in [0.05, 0.1) is 17.4 Å². The van der Waals surface area contributed by atoms with E-state index >= 15 is 0 Å². The predicted molar refractivity (Wildman–Crippen MR) is 75.0 cm³/mol. The Kier molecular flexibility index (Phi) is 3.98. The molecule has 0 spiro atoms. The van der Waals surface area contributed by atoms with Gasteiger partial charge in [0.25, 0.3) is 0 Å². The van der Waals surface area contributed by atoms with Crippen LogP contribution in [0.4, 0.5) is 0 Å². The Morgan fingerprint density at radius 1 is 1.42 bits per heavy atom. The van der Waals surface area contributed by atoms with Crippen LogP contribution in [0.2, 0.25) is 0 Å². The van der Waals surface area contributed by atoms with Gasteiger partial charge in [0, 0.05) is 18.8 Å². The minimum absolute atomic E-state index is 0.430. The van der Waals surface area contributed by atoms with Crippen LogP contribution in [-0.4, -0.2) is 15.8 Å². The summed E-state index contributed by atoms with van der Waals surface area (Å²) in [6, 6.07) is 8.57. The molecule has 1 aromatic carbocycles. The molecule has 0 amide bonds. The topological polar surface area (TPSA) is 53.6 Å². The summed E-state index contributed by atoms with van der Waals surface area (Å²) < 4.78 is 1.74. The van der Waals surface area contributed by atoms with Gasteiger partial charge in [-0.2, -0.15) is 10.4 Å². The van der Waals surface area contributed by atoms with Gasteiger partial charge in [-0.25, -0.2) is 4.68 Å². The molecule has 0 aliphatic carbocycles. The van der Waals surface area contributed by atoms with E-state index in [1.807, 2.05) is 31.3 Å². The molecule has 4 nitrogen and oxygen atoms in total. The maximum absolute atomic E-state index is 9.28. The summed E-state index contributed by atoms with van der Waals surface area (Å²) in [4.78, 5) is 0. The standard InChI is InChI=1S/C15H18N4/c1-11(2)17-9-13-4-5-15(14(6-13)7-16)19-10-12(3)8-18-19/h4-6,8,10-11,17H,9H2,1-3H3. The van der Waals surface area contributed by atoms with Crippen LogP contribution in [0.1, 0.15) is 30.5 Å². The van der Waals surface area contributed by atoms with Gasteiger partial charge >= 0.3 is 0 Å². The van der Waals surface area contributed by atoms with E-state index in [0.29, 0.717) is 11.6 Å². The summed E-state index contributed by atoms with van der Waals surface area (Å²) >= 11 is 0. The smallest absolute Gasteiger partial charge is 0.101 e. The molecular weight excluding hydrogens is 236 g/mol. The van der Waals surface area contributed by atoms with E-state index in [1.54, 1.807) is 10.9 Å². The highest BCUT2D eigenvalue weighted by molar-refractivity contribution is 5.50. The molecule has 2 rings (SSSR count). The van der Waals surface area contributed by atoms with E-state index in [-0.39, 0.29) is 0 Å². The Morgan fingerprint density at radius 2 is 2.21 bits per heavy atom. The summed E-state index contributed by atoms with van der Waals surface area (Å²) in [5.41, 5.74) is 3.65. The number of rotatable bonds is 4. The fourth-order valence-electron chi connectivity index (χ4n) is 1.85. The predicted octanol–water partition coefficient (Wildman–Crippen LogP) is 2.55. The van der Waals surface area contributed by atoms with Crippen molar-refractivity contribution in [3.05, 3.63) is 47.3 Å². The molecule has 2 aromatic rings. The first-order valence-electron chi connectivity index (χ1n) is 6.38. The molecule has 0 saturated carbocycles. The minimum Gasteiger partial charge on any atom is -0.310 e. The molecule has 0 aliphatic rings. The molecule has 1 heterocycles. The molecule has 1 N–H and O–H groups in total. The highest BCUT2D eigenvalue weighted by Gasteiger charge is 2.07. The van der Waals surface area contributed by atoms with Crippen LogP contribution in [0.15, 0.2) is 30.6 Å². The number of nitrogens with one attached hydrogen (secondary N) is 1. The fourth-order valence-corrected chi connectivity index (χ4v) is 1.85. The Hall–Kier alpha value is -2.12. The third-order valence-electron chi connectivity index (χ3n) is 2.85. The minimum atomic E-state index is 0.430. The largest absolute Gasteiger partial charge is 0.310 e. The van der Waals surface area contributed by atoms with Gasteiger partial charge in [-0.15, -0.1) is 0 Å². The number of aryl methyl sites for hydroxylation is 1. The molecule has 0 saturated heterocycles. The van der Waals surface area contributed by atoms with Gasteiger partial charge in [-0.3, -0.25) is 0 Å². The molecule has 1 aromatic heterocycles. The lowest BCUT2D eigenvalue weighted by atomic mass is 10.1. The summed E-state index contributed by atoms with van der Waals surface area (Å²) in [6.45, 7) is 6.96. The van der Waals surface area contributed by atoms with E-state index in [2.05, 4.69) is 30.3 Å². The van der Waals surface area contributed by atoms with Crippen LogP contribution in [0.3, 0.4) is 0 Å². The summed E-state index contributed by atoms with van der Waals surface area (Å²) in [7, 11) is 0. The van der Waals surface area contributed by atoms with E-state index in [9.17, 15) is 5.26 Å². The zero-order chi connectivity index (χ0) is 13.8. The lowest BCUT2D eigenvalue weighted by molar-refractivity contribution is 0.588. The maximum atomic E-state index is 9.28. The van der Waals surface area contributed by atoms with Gasteiger partial charge in [0.2, 0.25) is 0 Å². The van der Waals surface area contributed by atoms with Crippen molar-refractivity contribution >= 4 is 0 Å². The normalized spacial score (nSPS) is 10.7. The molecule has 0 unspecified atom stereocenters. The summed E-state index contributed by atoms with van der Waals surface area (Å²) in [5, 5.41) is 16.9. The Labute approximate surface area is 113 Å². The molecule has 0 bridgehead atoms. The van der Waals surface area contributed by atoms with Gasteiger partial charge in [-0.1, -0.05) is 19.9 Å². The Balaban J connectivity index is 2.29. The molecule has 0 atom stereocenters. The Morgan fingerprint density at radius 3 is 2.79 bits per heavy atom. The molecule has 0 aliphatic heterocycles. The van der Waals surface area contributed by atoms with E-state index in [4.69, 9.17) is 0 Å². The number of hydrogen-bond donors (Lipinski definition) is 1. The number of hydrogen-bond acceptors (Lipinski definition) is 3. The average Bonchev–Trinajstić information content (AvgIpc) is 2.82. The third-order valence-corrected chi connectivity index (χ3v) is 2.85. The molecule has 0 radical (unpaired) electrons. The van der Waals surface area contributed by atoms with Crippen molar-refractivity contribution in [2.45, 2.75) is 33.4 Å². The summed E-state index contributed by atoms with van der Waals surface area (Å²) in [5.74, 6) is 0. The van der Waals surface area contributed by atoms with E-state index in [1.165, 1.54) is 0 Å². The van der Waals surface area contributed by atoms with Crippen LogP contribution in [0.25, 0.3) is 5.69 Å². The van der Waals surface area contributed by atoms with Crippen LogP contribution in [0, 0.1) is 18.3 Å². The van der Waals surface area contributed by atoms with Crippen molar-refractivity contribution in [1.82, 2.24) is 15.1 Å². The van der Waals surface area contributed by atoms with Crippen molar-refractivity contribution in [1.29, 1.82) is 5.26 Å². The molecule has 19 heavy (non-hydrogen) atoms. The van der Waals surface area contributed by atoms with E-state index in [0.717, 1.165) is 23.4 Å². The lowest BCUT2D eigenvalue weighted by Crippen LogP contribution is -2.21. The lowest BCUT2D eigenvalue weighted by Gasteiger charge is -2.10. The first kappa shape index (κ1) is 13.3. The zero-order valence-corrected chi connectivity index (χ0v) is 11.5. The number of nitrogens with zero attached hydrogens (tertiary/aromatic N) is 3. The van der Waals surface area contributed by atoms with Crippen LogP contribution >= 0.6 is 0 Å². The molecule has 4 heteroatoms.